The zero-order chi connectivity index (χ0) is 9.56. The van der Waals surface area contributed by atoms with Crippen molar-refractivity contribution in [1.29, 1.82) is 0 Å². The van der Waals surface area contributed by atoms with Gasteiger partial charge in [-0.2, -0.15) is 0 Å². The highest BCUT2D eigenvalue weighted by molar-refractivity contribution is 5.14. The van der Waals surface area contributed by atoms with Crippen molar-refractivity contribution in [2.75, 3.05) is 0 Å². The monoisotopic (exact) mass is 166 g/mol. The molecule has 0 saturated carbocycles. The lowest BCUT2D eigenvalue weighted by molar-refractivity contribution is 1.00. The second kappa shape index (κ2) is 6.05. The second-order valence-electron chi connectivity index (χ2n) is 3.52. The van der Waals surface area contributed by atoms with Crippen LogP contribution in [-0.2, 0) is 0 Å². The van der Waals surface area contributed by atoms with Crippen LogP contribution in [0.2, 0.25) is 0 Å². The first-order valence-electron chi connectivity index (χ1n) is 4.92. The summed E-state index contributed by atoms with van der Waals surface area (Å²) in [6, 6.07) is 0. The third kappa shape index (κ3) is 4.38. The first-order chi connectivity index (χ1) is 5.61. The number of allylic oxidation sites excluding steroid dienone is 4. The first-order valence-corrected chi connectivity index (χ1v) is 4.92. The van der Waals surface area contributed by atoms with Gasteiger partial charge in [-0.25, -0.2) is 0 Å². The van der Waals surface area contributed by atoms with Crippen molar-refractivity contribution < 1.29 is 0 Å². The van der Waals surface area contributed by atoms with Gasteiger partial charge in [0.2, 0.25) is 0 Å². The van der Waals surface area contributed by atoms with Crippen molar-refractivity contribution in [2.24, 2.45) is 0 Å². The van der Waals surface area contributed by atoms with E-state index in [-0.39, 0.29) is 0 Å². The van der Waals surface area contributed by atoms with Crippen LogP contribution in [0.3, 0.4) is 0 Å². The third-order valence-electron chi connectivity index (χ3n) is 2.57. The third-order valence-corrected chi connectivity index (χ3v) is 2.57. The van der Waals surface area contributed by atoms with E-state index in [9.17, 15) is 0 Å². The lowest BCUT2D eigenvalue weighted by Crippen LogP contribution is -1.82. The SMILES string of the molecule is CCC(C)=CCC(C)=C(C)CC. The molecular formula is C12H22. The molecule has 0 N–H and O–H groups in total. The van der Waals surface area contributed by atoms with E-state index < -0.39 is 0 Å². The van der Waals surface area contributed by atoms with Gasteiger partial charge in [0.25, 0.3) is 0 Å². The summed E-state index contributed by atoms with van der Waals surface area (Å²) < 4.78 is 0. The van der Waals surface area contributed by atoms with Gasteiger partial charge in [0.15, 0.2) is 0 Å². The Bertz CT molecular complexity index is 182. The Hall–Kier alpha value is -0.520. The van der Waals surface area contributed by atoms with E-state index in [0.717, 1.165) is 6.42 Å². The van der Waals surface area contributed by atoms with E-state index in [1.807, 2.05) is 0 Å². The maximum atomic E-state index is 2.34. The van der Waals surface area contributed by atoms with Crippen molar-refractivity contribution in [3.8, 4) is 0 Å². The van der Waals surface area contributed by atoms with Gasteiger partial charge in [-0.15, -0.1) is 0 Å². The van der Waals surface area contributed by atoms with E-state index in [4.69, 9.17) is 0 Å². The summed E-state index contributed by atoms with van der Waals surface area (Å²) in [7, 11) is 0. The summed E-state index contributed by atoms with van der Waals surface area (Å²) in [5.41, 5.74) is 4.57. The maximum absolute atomic E-state index is 2.34. The Morgan fingerprint density at radius 1 is 0.917 bits per heavy atom. The minimum absolute atomic E-state index is 1.14. The zero-order valence-electron chi connectivity index (χ0n) is 9.20. The Labute approximate surface area is 77.4 Å². The smallest absolute Gasteiger partial charge is 0.0136 e. The van der Waals surface area contributed by atoms with E-state index in [0.29, 0.717) is 0 Å². The standard InChI is InChI=1S/C12H22/c1-6-10(3)8-9-12(5)11(4)7-2/h8H,6-7,9H2,1-5H3. The van der Waals surface area contributed by atoms with Gasteiger partial charge >= 0.3 is 0 Å². The molecule has 0 aromatic carbocycles. The number of hydrogen-bond acceptors (Lipinski definition) is 0. The van der Waals surface area contributed by atoms with Crippen LogP contribution in [-0.4, -0.2) is 0 Å². The molecule has 70 valence electrons. The highest BCUT2D eigenvalue weighted by atomic mass is 14.0. The number of hydrogen-bond donors (Lipinski definition) is 0. The minimum atomic E-state index is 1.14. The van der Waals surface area contributed by atoms with E-state index in [1.54, 1.807) is 0 Å². The average Bonchev–Trinajstić information content (AvgIpc) is 2.11. The van der Waals surface area contributed by atoms with Gasteiger partial charge in [0.1, 0.15) is 0 Å². The summed E-state index contributed by atoms with van der Waals surface area (Å²) in [6.07, 6.45) is 5.84. The molecule has 0 aliphatic heterocycles. The van der Waals surface area contributed by atoms with Gasteiger partial charge in [-0.3, -0.25) is 0 Å². The lowest BCUT2D eigenvalue weighted by Gasteiger charge is -2.03. The van der Waals surface area contributed by atoms with Crippen molar-refractivity contribution in [3.63, 3.8) is 0 Å². The van der Waals surface area contributed by atoms with Crippen LogP contribution in [0.15, 0.2) is 22.8 Å². The minimum Gasteiger partial charge on any atom is -0.0816 e. The molecular weight excluding hydrogens is 144 g/mol. The molecule has 0 aromatic heterocycles. The molecule has 0 aromatic rings. The Kier molecular flexibility index (Phi) is 5.79. The molecule has 12 heavy (non-hydrogen) atoms. The topological polar surface area (TPSA) is 0 Å². The summed E-state index contributed by atoms with van der Waals surface area (Å²) in [5.74, 6) is 0. The van der Waals surface area contributed by atoms with Crippen molar-refractivity contribution in [3.05, 3.63) is 22.8 Å². The van der Waals surface area contributed by atoms with Gasteiger partial charge in [-0.05, 0) is 40.0 Å². The molecule has 0 heteroatoms. The van der Waals surface area contributed by atoms with Gasteiger partial charge in [0.05, 0.1) is 0 Å². The fourth-order valence-electron chi connectivity index (χ4n) is 0.948. The summed E-state index contributed by atoms with van der Waals surface area (Å²) in [6.45, 7) is 11.1. The first kappa shape index (κ1) is 11.5. The quantitative estimate of drug-likeness (QED) is 0.540. The van der Waals surface area contributed by atoms with Gasteiger partial charge < -0.3 is 0 Å². The Morgan fingerprint density at radius 3 is 1.92 bits per heavy atom. The van der Waals surface area contributed by atoms with Crippen molar-refractivity contribution in [2.45, 2.75) is 53.9 Å². The molecule has 0 nitrogen and oxygen atoms in total. The fourth-order valence-corrected chi connectivity index (χ4v) is 0.948. The van der Waals surface area contributed by atoms with Crippen molar-refractivity contribution >= 4 is 0 Å². The molecule has 0 fully saturated rings. The van der Waals surface area contributed by atoms with Crippen molar-refractivity contribution in [1.82, 2.24) is 0 Å². The van der Waals surface area contributed by atoms with Crippen LogP contribution in [0, 0.1) is 0 Å². The van der Waals surface area contributed by atoms with E-state index >= 15 is 0 Å². The zero-order valence-corrected chi connectivity index (χ0v) is 9.20. The fraction of sp³-hybridized carbons (Fsp3) is 0.667. The second-order valence-corrected chi connectivity index (χ2v) is 3.52. The summed E-state index contributed by atoms with van der Waals surface area (Å²) in [5, 5.41) is 0. The molecule has 0 spiro atoms. The highest BCUT2D eigenvalue weighted by Gasteiger charge is 1.92. The molecule has 0 atom stereocenters. The van der Waals surface area contributed by atoms with Crippen LogP contribution in [0.1, 0.15) is 53.9 Å². The molecule has 0 heterocycles. The molecule has 0 aliphatic carbocycles. The predicted molar refractivity (Wildman–Crippen MR) is 57.3 cm³/mol. The Morgan fingerprint density at radius 2 is 1.50 bits per heavy atom. The number of rotatable bonds is 4. The normalized spacial score (nSPS) is 14.6. The van der Waals surface area contributed by atoms with E-state index in [2.05, 4.69) is 40.7 Å². The Balaban J connectivity index is 4.10. The summed E-state index contributed by atoms with van der Waals surface area (Å²) >= 11 is 0. The van der Waals surface area contributed by atoms with Crippen LogP contribution in [0.25, 0.3) is 0 Å². The molecule has 0 aliphatic rings. The van der Waals surface area contributed by atoms with Gasteiger partial charge in [0, 0.05) is 0 Å². The molecule has 0 amide bonds. The molecule has 0 saturated heterocycles. The van der Waals surface area contributed by atoms with Gasteiger partial charge in [-0.1, -0.05) is 36.6 Å². The highest BCUT2D eigenvalue weighted by Crippen LogP contribution is 2.13. The average molecular weight is 166 g/mol. The van der Waals surface area contributed by atoms with Crippen LogP contribution in [0.4, 0.5) is 0 Å². The summed E-state index contributed by atoms with van der Waals surface area (Å²) in [4.78, 5) is 0. The molecule has 0 unspecified atom stereocenters. The predicted octanol–water partition coefficient (Wildman–Crippen LogP) is 4.48. The van der Waals surface area contributed by atoms with Crippen LogP contribution in [0.5, 0.6) is 0 Å². The lowest BCUT2D eigenvalue weighted by atomic mass is 10.0. The molecule has 0 bridgehead atoms. The van der Waals surface area contributed by atoms with Crippen LogP contribution < -0.4 is 0 Å². The van der Waals surface area contributed by atoms with Crippen LogP contribution >= 0.6 is 0 Å². The maximum Gasteiger partial charge on any atom is -0.0136 e. The molecule has 0 rings (SSSR count). The molecule has 0 radical (unpaired) electrons. The van der Waals surface area contributed by atoms with E-state index in [1.165, 1.54) is 29.6 Å². The largest absolute Gasteiger partial charge is 0.0816 e.